The Balaban J connectivity index is 0.00000144. The molecule has 0 aliphatic carbocycles. The standard InChI is InChI=1S/C9H8O3.Na.H/c1-7(10)12-9(11)8-5-3-2-4-6-8;;/h2-6H,1H3;;. The van der Waals surface area contributed by atoms with E-state index < -0.39 is 11.9 Å². The number of rotatable bonds is 1. The molecule has 0 aliphatic rings. The van der Waals surface area contributed by atoms with Crippen LogP contribution in [0.2, 0.25) is 0 Å². The fourth-order valence-corrected chi connectivity index (χ4v) is 0.764. The Morgan fingerprint density at radius 2 is 1.69 bits per heavy atom. The molecule has 13 heavy (non-hydrogen) atoms. The van der Waals surface area contributed by atoms with E-state index in [9.17, 15) is 9.59 Å². The summed E-state index contributed by atoms with van der Waals surface area (Å²) in [6.07, 6.45) is 0. The van der Waals surface area contributed by atoms with Gasteiger partial charge in [0.25, 0.3) is 0 Å². The maximum atomic E-state index is 11.0. The zero-order valence-corrected chi connectivity index (χ0v) is 6.61. The van der Waals surface area contributed by atoms with Gasteiger partial charge in [0.05, 0.1) is 5.56 Å². The van der Waals surface area contributed by atoms with E-state index in [2.05, 4.69) is 4.74 Å². The second-order valence-electron chi connectivity index (χ2n) is 2.25. The Morgan fingerprint density at radius 3 is 2.15 bits per heavy atom. The first kappa shape index (κ1) is 12.4. The average Bonchev–Trinajstić information content (AvgIpc) is 2.05. The summed E-state index contributed by atoms with van der Waals surface area (Å²) in [5.74, 6) is -1.20. The van der Waals surface area contributed by atoms with Crippen molar-refractivity contribution in [1.29, 1.82) is 0 Å². The Labute approximate surface area is 98.4 Å². The van der Waals surface area contributed by atoms with Crippen LogP contribution in [0, 0.1) is 0 Å². The molecule has 0 unspecified atom stereocenters. The third-order valence-corrected chi connectivity index (χ3v) is 1.25. The molecule has 0 atom stereocenters. The molecule has 3 nitrogen and oxygen atoms in total. The molecule has 0 aromatic heterocycles. The van der Waals surface area contributed by atoms with Crippen LogP contribution in [-0.2, 0) is 9.53 Å². The summed E-state index contributed by atoms with van der Waals surface area (Å²) in [5, 5.41) is 0. The molecule has 1 rings (SSSR count). The van der Waals surface area contributed by atoms with Crippen LogP contribution in [0.5, 0.6) is 0 Å². The van der Waals surface area contributed by atoms with Crippen LogP contribution in [0.4, 0.5) is 0 Å². The van der Waals surface area contributed by atoms with Crippen molar-refractivity contribution in [2.75, 3.05) is 0 Å². The second kappa shape index (κ2) is 5.91. The van der Waals surface area contributed by atoms with Gasteiger partial charge < -0.3 is 4.74 Å². The molecule has 1 aromatic rings. The fourth-order valence-electron chi connectivity index (χ4n) is 0.764. The Morgan fingerprint density at radius 1 is 1.15 bits per heavy atom. The molecule has 1 aromatic carbocycles. The summed E-state index contributed by atoms with van der Waals surface area (Å²) in [4.78, 5) is 21.4. The van der Waals surface area contributed by atoms with Crippen LogP contribution in [-0.4, -0.2) is 41.5 Å². The number of ether oxygens (including phenoxy) is 1. The van der Waals surface area contributed by atoms with Crippen molar-refractivity contribution in [2.24, 2.45) is 0 Å². The van der Waals surface area contributed by atoms with Crippen molar-refractivity contribution in [2.45, 2.75) is 6.92 Å². The van der Waals surface area contributed by atoms with Crippen LogP contribution in [0.1, 0.15) is 17.3 Å². The predicted octanol–water partition coefficient (Wildman–Crippen LogP) is 0.741. The van der Waals surface area contributed by atoms with Crippen molar-refractivity contribution in [3.8, 4) is 0 Å². The Hall–Kier alpha value is -0.640. The van der Waals surface area contributed by atoms with Gasteiger partial charge in [0.2, 0.25) is 0 Å². The van der Waals surface area contributed by atoms with E-state index in [-0.39, 0.29) is 29.6 Å². The Kier molecular flexibility index (Phi) is 5.62. The van der Waals surface area contributed by atoms with Crippen molar-refractivity contribution in [3.63, 3.8) is 0 Å². The summed E-state index contributed by atoms with van der Waals surface area (Å²) in [6.45, 7) is 1.20. The van der Waals surface area contributed by atoms with Crippen molar-refractivity contribution >= 4 is 41.5 Å². The minimum atomic E-state index is -0.608. The van der Waals surface area contributed by atoms with E-state index in [4.69, 9.17) is 0 Å². The molecular weight excluding hydrogens is 179 g/mol. The van der Waals surface area contributed by atoms with Gasteiger partial charge in [-0.2, -0.15) is 0 Å². The SMILES string of the molecule is CC(=O)OC(=O)c1ccccc1.[NaH]. The van der Waals surface area contributed by atoms with Crippen molar-refractivity contribution in [1.82, 2.24) is 0 Å². The van der Waals surface area contributed by atoms with Crippen LogP contribution >= 0.6 is 0 Å². The molecule has 0 saturated heterocycles. The molecule has 0 heterocycles. The van der Waals surface area contributed by atoms with Crippen molar-refractivity contribution in [3.05, 3.63) is 35.9 Å². The van der Waals surface area contributed by atoms with Gasteiger partial charge in [-0.25, -0.2) is 4.79 Å². The third-order valence-electron chi connectivity index (χ3n) is 1.25. The van der Waals surface area contributed by atoms with Gasteiger partial charge in [-0.15, -0.1) is 0 Å². The summed E-state index contributed by atoms with van der Waals surface area (Å²) in [6, 6.07) is 8.37. The quantitative estimate of drug-likeness (QED) is 0.371. The second-order valence-corrected chi connectivity index (χ2v) is 2.25. The summed E-state index contributed by atoms with van der Waals surface area (Å²) < 4.78 is 4.36. The molecule has 0 aliphatic heterocycles. The monoisotopic (exact) mass is 188 g/mol. The first-order valence-electron chi connectivity index (χ1n) is 3.48. The van der Waals surface area contributed by atoms with Crippen LogP contribution in [0.15, 0.2) is 30.3 Å². The molecular formula is C9H9NaO3. The van der Waals surface area contributed by atoms with Gasteiger partial charge in [-0.05, 0) is 12.1 Å². The number of hydrogen-bond donors (Lipinski definition) is 0. The first-order chi connectivity index (χ1) is 5.70. The van der Waals surface area contributed by atoms with Crippen LogP contribution < -0.4 is 0 Å². The van der Waals surface area contributed by atoms with Crippen LogP contribution in [0.25, 0.3) is 0 Å². The van der Waals surface area contributed by atoms with Gasteiger partial charge in [0.1, 0.15) is 0 Å². The average molecular weight is 188 g/mol. The number of esters is 2. The predicted molar refractivity (Wildman–Crippen MR) is 49.7 cm³/mol. The third kappa shape index (κ3) is 4.22. The Bertz CT molecular complexity index is 295. The number of carbonyl (C=O) groups excluding carboxylic acids is 2. The zero-order valence-electron chi connectivity index (χ0n) is 6.61. The van der Waals surface area contributed by atoms with E-state index >= 15 is 0 Å². The maximum absolute atomic E-state index is 11.0. The first-order valence-corrected chi connectivity index (χ1v) is 3.48. The summed E-state index contributed by atoms with van der Waals surface area (Å²) >= 11 is 0. The summed E-state index contributed by atoms with van der Waals surface area (Å²) in [7, 11) is 0. The van der Waals surface area contributed by atoms with Crippen molar-refractivity contribution < 1.29 is 14.3 Å². The normalized spacial score (nSPS) is 8.38. The molecule has 64 valence electrons. The molecule has 0 spiro atoms. The minimum absolute atomic E-state index is 0. The number of hydrogen-bond acceptors (Lipinski definition) is 3. The van der Waals surface area contributed by atoms with E-state index in [0.717, 1.165) is 0 Å². The molecule has 0 bridgehead atoms. The van der Waals surface area contributed by atoms with E-state index in [1.807, 2.05) is 0 Å². The molecule has 0 amide bonds. The molecule has 0 saturated carbocycles. The van der Waals surface area contributed by atoms with Gasteiger partial charge in [-0.3, -0.25) is 4.79 Å². The van der Waals surface area contributed by atoms with Gasteiger partial charge in [-0.1, -0.05) is 18.2 Å². The van der Waals surface area contributed by atoms with E-state index in [0.29, 0.717) is 5.56 Å². The van der Waals surface area contributed by atoms with Crippen LogP contribution in [0.3, 0.4) is 0 Å². The topological polar surface area (TPSA) is 43.4 Å². The van der Waals surface area contributed by atoms with Gasteiger partial charge in [0.15, 0.2) is 0 Å². The zero-order chi connectivity index (χ0) is 8.97. The number of carbonyl (C=O) groups is 2. The fraction of sp³-hybridized carbons (Fsp3) is 0.111. The van der Waals surface area contributed by atoms with Gasteiger partial charge >= 0.3 is 41.5 Å². The molecule has 4 heteroatoms. The summed E-state index contributed by atoms with van der Waals surface area (Å²) in [5.41, 5.74) is 0.382. The molecule has 0 fully saturated rings. The van der Waals surface area contributed by atoms with Gasteiger partial charge in [0, 0.05) is 6.92 Å². The number of benzene rings is 1. The molecule has 0 radical (unpaired) electrons. The molecule has 0 N–H and O–H groups in total. The van der Waals surface area contributed by atoms with E-state index in [1.54, 1.807) is 30.3 Å². The van der Waals surface area contributed by atoms with E-state index in [1.165, 1.54) is 6.92 Å².